The molecule has 0 spiro atoms. The van der Waals surface area contributed by atoms with Crippen LogP contribution < -0.4 is 5.32 Å². The highest BCUT2D eigenvalue weighted by Crippen LogP contribution is 2.50. The number of fused-ring (bicyclic) bond motifs is 2. The van der Waals surface area contributed by atoms with Crippen molar-refractivity contribution in [2.24, 2.45) is 17.8 Å². The first-order valence-corrected chi connectivity index (χ1v) is 9.22. The van der Waals surface area contributed by atoms with Gasteiger partial charge in [-0.25, -0.2) is 0 Å². The van der Waals surface area contributed by atoms with Crippen LogP contribution in [0.25, 0.3) is 0 Å². The lowest BCUT2D eigenvalue weighted by molar-refractivity contribution is -0.130. The minimum atomic E-state index is 0.0187. The molecule has 1 heterocycles. The Balaban J connectivity index is 1.69. The third-order valence-corrected chi connectivity index (χ3v) is 6.28. The second-order valence-electron chi connectivity index (χ2n) is 7.39. The number of rotatable bonds is 7. The summed E-state index contributed by atoms with van der Waals surface area (Å²) in [5.74, 6) is 2.99. The van der Waals surface area contributed by atoms with Gasteiger partial charge in [0.2, 0.25) is 0 Å². The molecule has 0 radical (unpaired) electrons. The summed E-state index contributed by atoms with van der Waals surface area (Å²) in [6, 6.07) is 0.510. The van der Waals surface area contributed by atoms with Crippen molar-refractivity contribution in [2.45, 2.75) is 70.4 Å². The van der Waals surface area contributed by atoms with Crippen molar-refractivity contribution in [3.8, 4) is 0 Å². The normalized spacial score (nSPS) is 36.0. The van der Waals surface area contributed by atoms with Gasteiger partial charge in [0, 0.05) is 38.7 Å². The molecule has 4 unspecified atom stereocenters. The Bertz CT molecular complexity index is 322. The lowest BCUT2D eigenvalue weighted by Gasteiger charge is -2.45. The monoisotopic (exact) mass is 295 g/mol. The predicted molar refractivity (Wildman–Crippen MR) is 85.4 cm³/mol. The fourth-order valence-corrected chi connectivity index (χ4v) is 5.30. The summed E-state index contributed by atoms with van der Waals surface area (Å²) >= 11 is 0. The number of hydrogen-bond acceptors (Lipinski definition) is 3. The summed E-state index contributed by atoms with van der Waals surface area (Å²) in [7, 11) is 0. The van der Waals surface area contributed by atoms with Gasteiger partial charge in [-0.2, -0.15) is 0 Å². The molecule has 21 heavy (non-hydrogen) atoms. The van der Waals surface area contributed by atoms with Gasteiger partial charge < -0.3 is 14.8 Å². The zero-order valence-electron chi connectivity index (χ0n) is 13.9. The highest BCUT2D eigenvalue weighted by atomic mass is 16.5. The molecular formula is C18H33NO2. The molecule has 0 amide bonds. The summed E-state index contributed by atoms with van der Waals surface area (Å²) in [5, 5.41) is 3.78. The van der Waals surface area contributed by atoms with Gasteiger partial charge in [-0.15, -0.1) is 0 Å². The molecule has 2 bridgehead atoms. The summed E-state index contributed by atoms with van der Waals surface area (Å²) in [6.45, 7) is 7.95. The van der Waals surface area contributed by atoms with E-state index in [2.05, 4.69) is 19.2 Å². The number of likely N-dealkylation sites (N-methyl/N-ethyl adjacent to an activating group) is 1. The van der Waals surface area contributed by atoms with Crippen molar-refractivity contribution in [2.75, 3.05) is 26.4 Å². The lowest BCUT2D eigenvalue weighted by Crippen LogP contribution is -2.56. The number of ether oxygens (including phenoxy) is 2. The molecule has 3 fully saturated rings. The van der Waals surface area contributed by atoms with E-state index in [1.165, 1.54) is 32.1 Å². The maximum atomic E-state index is 6.33. The Labute approximate surface area is 130 Å². The van der Waals surface area contributed by atoms with Crippen LogP contribution in [-0.2, 0) is 9.47 Å². The first-order valence-electron chi connectivity index (χ1n) is 9.22. The molecule has 3 rings (SSSR count). The Morgan fingerprint density at radius 3 is 2.57 bits per heavy atom. The summed E-state index contributed by atoms with van der Waals surface area (Å²) < 4.78 is 11.9. The smallest absolute Gasteiger partial charge is 0.0878 e. The Hall–Kier alpha value is -0.120. The number of nitrogens with one attached hydrogen (secondary N) is 1. The molecular weight excluding hydrogens is 262 g/mol. The molecule has 1 saturated heterocycles. The molecule has 2 aliphatic carbocycles. The quantitative estimate of drug-likeness (QED) is 0.781. The SMILES string of the molecule is CCNC(CC1CC2CCC1C2)C1(OCC)CCOCC1. The summed E-state index contributed by atoms with van der Waals surface area (Å²) in [5.41, 5.74) is 0.0187. The Morgan fingerprint density at radius 2 is 2.00 bits per heavy atom. The van der Waals surface area contributed by atoms with Crippen molar-refractivity contribution >= 4 is 0 Å². The first-order chi connectivity index (χ1) is 10.3. The van der Waals surface area contributed by atoms with Gasteiger partial charge in [-0.3, -0.25) is 0 Å². The van der Waals surface area contributed by atoms with E-state index in [1.807, 2.05) is 0 Å². The summed E-state index contributed by atoms with van der Waals surface area (Å²) in [6.07, 6.45) is 9.39. The average Bonchev–Trinajstić information content (AvgIpc) is 3.11. The summed E-state index contributed by atoms with van der Waals surface area (Å²) in [4.78, 5) is 0. The van der Waals surface area contributed by atoms with Gasteiger partial charge >= 0.3 is 0 Å². The minimum Gasteiger partial charge on any atom is -0.381 e. The molecule has 1 aliphatic heterocycles. The van der Waals surface area contributed by atoms with Crippen LogP contribution in [0.3, 0.4) is 0 Å². The highest BCUT2D eigenvalue weighted by Gasteiger charge is 2.46. The van der Waals surface area contributed by atoms with E-state index >= 15 is 0 Å². The molecule has 0 aromatic carbocycles. The largest absolute Gasteiger partial charge is 0.381 e. The average molecular weight is 295 g/mol. The molecule has 3 heteroatoms. The molecule has 4 atom stereocenters. The molecule has 0 aromatic rings. The van der Waals surface area contributed by atoms with Crippen LogP contribution in [0.5, 0.6) is 0 Å². The molecule has 122 valence electrons. The van der Waals surface area contributed by atoms with Crippen LogP contribution in [-0.4, -0.2) is 38.0 Å². The van der Waals surface area contributed by atoms with E-state index in [4.69, 9.17) is 9.47 Å². The van der Waals surface area contributed by atoms with Crippen molar-refractivity contribution in [3.05, 3.63) is 0 Å². The zero-order valence-corrected chi connectivity index (χ0v) is 13.9. The van der Waals surface area contributed by atoms with Gasteiger partial charge in [0.1, 0.15) is 0 Å². The second kappa shape index (κ2) is 6.97. The van der Waals surface area contributed by atoms with Crippen LogP contribution in [0.1, 0.15) is 58.8 Å². The Kier molecular flexibility index (Phi) is 5.23. The van der Waals surface area contributed by atoms with Gasteiger partial charge in [0.25, 0.3) is 0 Å². The minimum absolute atomic E-state index is 0.0187. The van der Waals surface area contributed by atoms with Crippen LogP contribution in [0.2, 0.25) is 0 Å². The van der Waals surface area contributed by atoms with E-state index < -0.39 is 0 Å². The third kappa shape index (κ3) is 3.30. The topological polar surface area (TPSA) is 30.5 Å². The highest BCUT2D eigenvalue weighted by molar-refractivity contribution is 4.99. The van der Waals surface area contributed by atoms with Crippen LogP contribution >= 0.6 is 0 Å². The lowest BCUT2D eigenvalue weighted by atomic mass is 9.76. The molecule has 1 N–H and O–H groups in total. The van der Waals surface area contributed by atoms with Crippen LogP contribution in [0.4, 0.5) is 0 Å². The number of hydrogen-bond donors (Lipinski definition) is 1. The van der Waals surface area contributed by atoms with E-state index in [-0.39, 0.29) is 5.60 Å². The van der Waals surface area contributed by atoms with Crippen molar-refractivity contribution in [1.82, 2.24) is 5.32 Å². The van der Waals surface area contributed by atoms with Crippen molar-refractivity contribution in [1.29, 1.82) is 0 Å². The third-order valence-electron chi connectivity index (χ3n) is 6.28. The zero-order chi connectivity index (χ0) is 14.7. The van der Waals surface area contributed by atoms with Gasteiger partial charge in [-0.05, 0) is 56.9 Å². The van der Waals surface area contributed by atoms with E-state index in [9.17, 15) is 0 Å². The fraction of sp³-hybridized carbons (Fsp3) is 1.00. The maximum Gasteiger partial charge on any atom is 0.0878 e. The fourth-order valence-electron chi connectivity index (χ4n) is 5.30. The molecule has 3 nitrogen and oxygen atoms in total. The van der Waals surface area contributed by atoms with E-state index in [0.29, 0.717) is 6.04 Å². The molecule has 3 aliphatic rings. The van der Waals surface area contributed by atoms with Gasteiger partial charge in [0.15, 0.2) is 0 Å². The van der Waals surface area contributed by atoms with Gasteiger partial charge in [-0.1, -0.05) is 13.3 Å². The van der Waals surface area contributed by atoms with Crippen LogP contribution in [0.15, 0.2) is 0 Å². The van der Waals surface area contributed by atoms with Gasteiger partial charge in [0.05, 0.1) is 5.60 Å². The van der Waals surface area contributed by atoms with Crippen molar-refractivity contribution in [3.63, 3.8) is 0 Å². The Morgan fingerprint density at radius 1 is 1.19 bits per heavy atom. The standard InChI is InChI=1S/C18H33NO2/c1-3-19-17(13-16-12-14-5-6-15(16)11-14)18(21-4-2)7-9-20-10-8-18/h14-17,19H,3-13H2,1-2H3. The molecule has 0 aromatic heterocycles. The first kappa shape index (κ1) is 15.8. The maximum absolute atomic E-state index is 6.33. The van der Waals surface area contributed by atoms with Crippen molar-refractivity contribution < 1.29 is 9.47 Å². The molecule has 2 saturated carbocycles. The second-order valence-corrected chi connectivity index (χ2v) is 7.39. The van der Waals surface area contributed by atoms with E-state index in [0.717, 1.165) is 57.0 Å². The predicted octanol–water partition coefficient (Wildman–Crippen LogP) is 3.38. The van der Waals surface area contributed by atoms with Crippen LogP contribution in [0, 0.1) is 17.8 Å². The van der Waals surface area contributed by atoms with E-state index in [1.54, 1.807) is 0 Å².